The largest absolute Gasteiger partial charge is 0.327 e. The van der Waals surface area contributed by atoms with E-state index in [1.54, 1.807) is 0 Å². The van der Waals surface area contributed by atoms with Crippen LogP contribution in [-0.2, 0) is 6.42 Å². The van der Waals surface area contributed by atoms with Crippen molar-refractivity contribution in [3.05, 3.63) is 22.4 Å². The van der Waals surface area contributed by atoms with Crippen LogP contribution in [0.2, 0.25) is 0 Å². The Morgan fingerprint density at radius 3 is 3.00 bits per heavy atom. The zero-order valence-corrected chi connectivity index (χ0v) is 11.0. The topological polar surface area (TPSA) is 26.0 Å². The number of rotatable bonds is 5. The minimum absolute atomic E-state index is 0.429. The summed E-state index contributed by atoms with van der Waals surface area (Å²) in [4.78, 5) is 1.49. The lowest BCUT2D eigenvalue weighted by Gasteiger charge is -2.18. The van der Waals surface area contributed by atoms with Gasteiger partial charge in [-0.25, -0.2) is 0 Å². The third-order valence-corrected chi connectivity index (χ3v) is 5.00. The van der Waals surface area contributed by atoms with Crippen LogP contribution in [0.25, 0.3) is 0 Å². The molecule has 2 heteroatoms. The lowest BCUT2D eigenvalue weighted by molar-refractivity contribution is 0.390. The molecule has 16 heavy (non-hydrogen) atoms. The van der Waals surface area contributed by atoms with Crippen LogP contribution in [0.4, 0.5) is 0 Å². The van der Waals surface area contributed by atoms with E-state index in [0.29, 0.717) is 6.04 Å². The fourth-order valence-corrected chi connectivity index (χ4v) is 3.60. The van der Waals surface area contributed by atoms with E-state index in [2.05, 4.69) is 24.4 Å². The van der Waals surface area contributed by atoms with Gasteiger partial charge in [-0.15, -0.1) is 11.3 Å². The second kappa shape index (κ2) is 5.83. The summed E-state index contributed by atoms with van der Waals surface area (Å²) < 4.78 is 0. The molecule has 1 aliphatic rings. The van der Waals surface area contributed by atoms with E-state index in [-0.39, 0.29) is 0 Å². The van der Waals surface area contributed by atoms with Crippen LogP contribution in [0.5, 0.6) is 0 Å². The Kier molecular flexibility index (Phi) is 4.42. The van der Waals surface area contributed by atoms with Crippen LogP contribution in [0.1, 0.15) is 43.9 Å². The number of hydrogen-bond acceptors (Lipinski definition) is 2. The highest BCUT2D eigenvalue weighted by Crippen LogP contribution is 2.35. The lowest BCUT2D eigenvalue weighted by Crippen LogP contribution is -2.29. The molecule has 3 atom stereocenters. The summed E-state index contributed by atoms with van der Waals surface area (Å²) in [5.74, 6) is 1.75. The molecule has 0 bridgehead atoms. The number of hydrogen-bond donors (Lipinski definition) is 1. The van der Waals surface area contributed by atoms with Gasteiger partial charge in [-0.2, -0.15) is 0 Å². The van der Waals surface area contributed by atoms with Crippen LogP contribution in [-0.4, -0.2) is 6.04 Å². The Bertz CT molecular complexity index is 294. The first-order valence-electron chi connectivity index (χ1n) is 6.57. The molecule has 1 aliphatic carbocycles. The van der Waals surface area contributed by atoms with Crippen LogP contribution in [0.3, 0.4) is 0 Å². The van der Waals surface area contributed by atoms with Crippen molar-refractivity contribution in [3.8, 4) is 0 Å². The van der Waals surface area contributed by atoms with Gasteiger partial charge in [0.15, 0.2) is 0 Å². The molecule has 1 fully saturated rings. The molecule has 2 N–H and O–H groups in total. The molecule has 90 valence electrons. The first-order chi connectivity index (χ1) is 7.79. The number of nitrogens with two attached hydrogens (primary N) is 1. The summed E-state index contributed by atoms with van der Waals surface area (Å²) in [6.07, 6.45) is 7.84. The highest BCUT2D eigenvalue weighted by atomic mass is 32.1. The third-order valence-electron chi connectivity index (χ3n) is 4.07. The van der Waals surface area contributed by atoms with Crippen molar-refractivity contribution in [1.29, 1.82) is 0 Å². The summed E-state index contributed by atoms with van der Waals surface area (Å²) in [7, 11) is 0. The normalized spacial score (nSPS) is 27.1. The van der Waals surface area contributed by atoms with Gasteiger partial charge in [0.2, 0.25) is 0 Å². The van der Waals surface area contributed by atoms with Crippen molar-refractivity contribution in [3.63, 3.8) is 0 Å². The van der Waals surface area contributed by atoms with E-state index in [9.17, 15) is 0 Å². The zero-order chi connectivity index (χ0) is 11.4. The highest BCUT2D eigenvalue weighted by Gasteiger charge is 2.27. The van der Waals surface area contributed by atoms with Crippen molar-refractivity contribution < 1.29 is 0 Å². The quantitative estimate of drug-likeness (QED) is 0.827. The monoisotopic (exact) mass is 237 g/mol. The predicted octanol–water partition coefficient (Wildman–Crippen LogP) is 3.83. The Labute approximate surface area is 103 Å². The molecule has 0 aromatic carbocycles. The van der Waals surface area contributed by atoms with Crippen LogP contribution >= 0.6 is 11.3 Å². The lowest BCUT2D eigenvalue weighted by atomic mass is 9.93. The first-order valence-corrected chi connectivity index (χ1v) is 7.45. The summed E-state index contributed by atoms with van der Waals surface area (Å²) >= 11 is 1.86. The molecule has 1 saturated carbocycles. The van der Waals surface area contributed by atoms with Crippen molar-refractivity contribution in [1.82, 2.24) is 0 Å². The number of thiophene rings is 1. The molecular formula is C14H23NS. The van der Waals surface area contributed by atoms with E-state index in [1.165, 1.54) is 43.4 Å². The van der Waals surface area contributed by atoms with E-state index >= 15 is 0 Å². The Morgan fingerprint density at radius 2 is 2.38 bits per heavy atom. The van der Waals surface area contributed by atoms with E-state index in [0.717, 1.165) is 11.8 Å². The molecule has 1 aromatic rings. The van der Waals surface area contributed by atoms with Crippen molar-refractivity contribution in [2.24, 2.45) is 17.6 Å². The summed E-state index contributed by atoms with van der Waals surface area (Å²) in [6.45, 7) is 2.31. The Morgan fingerprint density at radius 1 is 1.50 bits per heavy atom. The van der Waals surface area contributed by atoms with Crippen LogP contribution in [0.15, 0.2) is 17.5 Å². The maximum atomic E-state index is 6.32. The maximum Gasteiger partial charge on any atom is 0.00707 e. The summed E-state index contributed by atoms with van der Waals surface area (Å²) in [5, 5.41) is 2.16. The molecule has 0 radical (unpaired) electrons. The number of aryl methyl sites for hydroxylation is 1. The second-order valence-electron chi connectivity index (χ2n) is 5.13. The van der Waals surface area contributed by atoms with Crippen molar-refractivity contribution >= 4 is 11.3 Å². The average molecular weight is 237 g/mol. The standard InChI is InChI=1S/C14H23NS/c1-2-11-5-6-12(10-11)14(15)8-7-13-4-3-9-16-13/h3-4,9,11-12,14H,2,5-8,10,15H2,1H3. The molecule has 3 unspecified atom stereocenters. The molecule has 0 aliphatic heterocycles. The summed E-state index contributed by atoms with van der Waals surface area (Å²) in [5.41, 5.74) is 6.32. The molecule has 0 saturated heterocycles. The molecular weight excluding hydrogens is 214 g/mol. The second-order valence-corrected chi connectivity index (χ2v) is 6.16. The molecule has 1 nitrogen and oxygen atoms in total. The smallest absolute Gasteiger partial charge is 0.00707 e. The van der Waals surface area contributed by atoms with Gasteiger partial charge in [-0.1, -0.05) is 25.8 Å². The SMILES string of the molecule is CCC1CCC(C(N)CCc2cccs2)C1. The minimum atomic E-state index is 0.429. The molecule has 0 spiro atoms. The minimum Gasteiger partial charge on any atom is -0.327 e. The third kappa shape index (κ3) is 3.08. The fourth-order valence-electron chi connectivity index (χ4n) is 2.87. The van der Waals surface area contributed by atoms with Gasteiger partial charge in [0.25, 0.3) is 0 Å². The van der Waals surface area contributed by atoms with Crippen molar-refractivity contribution in [2.45, 2.75) is 51.5 Å². The van der Waals surface area contributed by atoms with Crippen LogP contribution in [0, 0.1) is 11.8 Å². The molecule has 1 heterocycles. The zero-order valence-electron chi connectivity index (χ0n) is 10.2. The highest BCUT2D eigenvalue weighted by molar-refractivity contribution is 7.09. The van der Waals surface area contributed by atoms with Crippen LogP contribution < -0.4 is 5.73 Å². The van der Waals surface area contributed by atoms with Gasteiger partial charge >= 0.3 is 0 Å². The van der Waals surface area contributed by atoms with Gasteiger partial charge in [-0.3, -0.25) is 0 Å². The van der Waals surface area contributed by atoms with E-state index < -0.39 is 0 Å². The average Bonchev–Trinajstić information content (AvgIpc) is 2.96. The maximum absolute atomic E-state index is 6.32. The Balaban J connectivity index is 1.74. The van der Waals surface area contributed by atoms with Gasteiger partial charge in [-0.05, 0) is 49.0 Å². The van der Waals surface area contributed by atoms with Gasteiger partial charge in [0.05, 0.1) is 0 Å². The molecule has 2 rings (SSSR count). The van der Waals surface area contributed by atoms with Gasteiger partial charge in [0.1, 0.15) is 0 Å². The van der Waals surface area contributed by atoms with Gasteiger partial charge in [0, 0.05) is 10.9 Å². The Hall–Kier alpha value is -0.340. The van der Waals surface area contributed by atoms with E-state index in [1.807, 2.05) is 11.3 Å². The summed E-state index contributed by atoms with van der Waals surface area (Å²) in [6, 6.07) is 4.79. The van der Waals surface area contributed by atoms with Gasteiger partial charge < -0.3 is 5.73 Å². The van der Waals surface area contributed by atoms with E-state index in [4.69, 9.17) is 5.73 Å². The first kappa shape index (κ1) is 12.1. The predicted molar refractivity (Wildman–Crippen MR) is 71.7 cm³/mol. The fraction of sp³-hybridized carbons (Fsp3) is 0.714. The van der Waals surface area contributed by atoms with Crippen molar-refractivity contribution in [2.75, 3.05) is 0 Å². The molecule has 1 aromatic heterocycles. The molecule has 0 amide bonds.